The fourth-order valence-corrected chi connectivity index (χ4v) is 3.42. The number of phenolic OH excluding ortho intramolecular Hbond substituents is 1. The van der Waals surface area contributed by atoms with E-state index in [1.807, 2.05) is 0 Å². The SMILES string of the molecule is NC(CS)C(=O)NC(Cc1ccc(O)cc1)C(=O)NC(CS)C(=O)NC(Cc1cnc[nH]1)C(=O)O. The number of aromatic amines is 1. The number of rotatable bonds is 13. The van der Waals surface area contributed by atoms with Crippen LogP contribution in [0, 0.1) is 0 Å². The second-order valence-electron chi connectivity index (χ2n) is 7.64. The van der Waals surface area contributed by atoms with Crippen LogP contribution >= 0.6 is 25.3 Å². The average molecular weight is 525 g/mol. The maximum atomic E-state index is 13.0. The van der Waals surface area contributed by atoms with Crippen LogP contribution in [0.5, 0.6) is 5.75 Å². The molecule has 0 fully saturated rings. The summed E-state index contributed by atoms with van der Waals surface area (Å²) < 4.78 is 0. The van der Waals surface area contributed by atoms with Crippen LogP contribution in [0.1, 0.15) is 11.3 Å². The molecule has 0 saturated carbocycles. The zero-order chi connectivity index (χ0) is 26.0. The van der Waals surface area contributed by atoms with Gasteiger partial charge >= 0.3 is 5.97 Å². The van der Waals surface area contributed by atoms with Crippen molar-refractivity contribution >= 4 is 48.9 Å². The van der Waals surface area contributed by atoms with E-state index in [0.717, 1.165) is 0 Å². The second-order valence-corrected chi connectivity index (χ2v) is 8.38. The topological polar surface area (TPSA) is 200 Å². The summed E-state index contributed by atoms with van der Waals surface area (Å²) in [5, 5.41) is 26.4. The highest BCUT2D eigenvalue weighted by Crippen LogP contribution is 2.12. The molecule has 1 heterocycles. The maximum Gasteiger partial charge on any atom is 0.326 e. The number of thiol groups is 2. The smallest absolute Gasteiger partial charge is 0.326 e. The van der Waals surface area contributed by atoms with Crippen molar-refractivity contribution in [1.29, 1.82) is 0 Å². The Bertz CT molecular complexity index is 1000. The number of nitrogens with one attached hydrogen (secondary N) is 4. The van der Waals surface area contributed by atoms with Crippen LogP contribution in [0.2, 0.25) is 0 Å². The summed E-state index contributed by atoms with van der Waals surface area (Å²) in [6, 6.07) is 1.48. The van der Waals surface area contributed by atoms with Crippen molar-refractivity contribution in [3.8, 4) is 5.75 Å². The molecule has 1 aromatic heterocycles. The number of carbonyl (C=O) groups excluding carboxylic acids is 3. The minimum atomic E-state index is -1.27. The monoisotopic (exact) mass is 524 g/mol. The molecule has 0 aliphatic rings. The van der Waals surface area contributed by atoms with E-state index < -0.39 is 47.9 Å². The van der Waals surface area contributed by atoms with Gasteiger partial charge in [0.25, 0.3) is 0 Å². The highest BCUT2D eigenvalue weighted by atomic mass is 32.1. The first kappa shape index (κ1) is 28.0. The molecule has 190 valence electrons. The Labute approximate surface area is 212 Å². The molecule has 4 atom stereocenters. The van der Waals surface area contributed by atoms with Crippen LogP contribution in [0.15, 0.2) is 36.8 Å². The van der Waals surface area contributed by atoms with Crippen LogP contribution in [0.4, 0.5) is 0 Å². The molecule has 35 heavy (non-hydrogen) atoms. The van der Waals surface area contributed by atoms with Crippen molar-refractivity contribution < 1.29 is 29.4 Å². The highest BCUT2D eigenvalue weighted by Gasteiger charge is 2.30. The molecule has 2 rings (SSSR count). The average Bonchev–Trinajstić information content (AvgIpc) is 3.35. The number of aliphatic carboxylic acids is 1. The van der Waals surface area contributed by atoms with Crippen LogP contribution < -0.4 is 21.7 Å². The van der Waals surface area contributed by atoms with Crippen LogP contribution in [-0.4, -0.2) is 79.5 Å². The van der Waals surface area contributed by atoms with Crippen LogP contribution in [0.3, 0.4) is 0 Å². The number of aromatic hydroxyl groups is 1. The number of hydrogen-bond acceptors (Lipinski definition) is 9. The zero-order valence-corrected chi connectivity index (χ0v) is 20.3. The first-order valence-corrected chi connectivity index (χ1v) is 11.8. The van der Waals surface area contributed by atoms with Gasteiger partial charge < -0.3 is 36.9 Å². The molecule has 12 nitrogen and oxygen atoms in total. The fraction of sp³-hybridized carbons (Fsp3) is 0.381. The standard InChI is InChI=1S/C21H28N6O6S2/c22-14(8-34)18(29)25-15(5-11-1-3-13(28)4-2-11)19(30)27-17(9-35)20(31)26-16(21(32)33)6-12-7-23-10-24-12/h1-4,7,10,14-17,28,34-35H,5-6,8-9,22H2,(H,23,24)(H,25,29)(H,26,31)(H,27,30)(H,32,33). The molecule has 0 radical (unpaired) electrons. The largest absolute Gasteiger partial charge is 0.508 e. The lowest BCUT2D eigenvalue weighted by atomic mass is 10.0. The molecular weight excluding hydrogens is 496 g/mol. The number of carboxylic acid groups (broad SMARTS) is 1. The lowest BCUT2D eigenvalue weighted by molar-refractivity contribution is -0.142. The summed E-state index contributed by atoms with van der Waals surface area (Å²) in [6.45, 7) is 0. The summed E-state index contributed by atoms with van der Waals surface area (Å²) in [6.07, 6.45) is 2.81. The Morgan fingerprint density at radius 2 is 1.51 bits per heavy atom. The minimum absolute atomic E-state index is 0.0332. The number of carbonyl (C=O) groups is 4. The van der Waals surface area contributed by atoms with Crippen LogP contribution in [0.25, 0.3) is 0 Å². The predicted octanol–water partition coefficient (Wildman–Crippen LogP) is -1.37. The number of phenols is 1. The van der Waals surface area contributed by atoms with Gasteiger partial charge in [0.15, 0.2) is 0 Å². The van der Waals surface area contributed by atoms with Gasteiger partial charge in [-0.25, -0.2) is 9.78 Å². The van der Waals surface area contributed by atoms with E-state index in [9.17, 15) is 29.4 Å². The summed E-state index contributed by atoms with van der Waals surface area (Å²) in [5.74, 6) is -3.40. The summed E-state index contributed by atoms with van der Waals surface area (Å²) >= 11 is 8.09. The van der Waals surface area contributed by atoms with Crippen molar-refractivity contribution in [2.45, 2.75) is 37.0 Å². The molecular formula is C21H28N6O6S2. The molecule has 3 amide bonds. The minimum Gasteiger partial charge on any atom is -0.508 e. The Balaban J connectivity index is 2.12. The number of aromatic nitrogens is 2. The molecule has 8 N–H and O–H groups in total. The second kappa shape index (κ2) is 13.6. The molecule has 14 heteroatoms. The van der Waals surface area contributed by atoms with Crippen molar-refractivity contribution in [2.75, 3.05) is 11.5 Å². The van der Waals surface area contributed by atoms with Gasteiger partial charge in [-0.15, -0.1) is 0 Å². The van der Waals surface area contributed by atoms with E-state index >= 15 is 0 Å². The zero-order valence-electron chi connectivity index (χ0n) is 18.5. The van der Waals surface area contributed by atoms with Gasteiger partial charge in [-0.3, -0.25) is 14.4 Å². The third-order valence-electron chi connectivity index (χ3n) is 4.95. The van der Waals surface area contributed by atoms with Gasteiger partial charge in [-0.2, -0.15) is 25.3 Å². The van der Waals surface area contributed by atoms with Crippen molar-refractivity contribution in [1.82, 2.24) is 25.9 Å². The summed E-state index contributed by atoms with van der Waals surface area (Å²) in [7, 11) is 0. The van der Waals surface area contributed by atoms with Crippen molar-refractivity contribution in [2.24, 2.45) is 5.73 Å². The number of nitrogens with zero attached hydrogens (tertiary/aromatic N) is 1. The Hall–Kier alpha value is -3.23. The molecule has 0 spiro atoms. The van der Waals surface area contributed by atoms with Gasteiger partial charge in [-0.1, -0.05) is 12.1 Å². The molecule has 0 saturated heterocycles. The van der Waals surface area contributed by atoms with E-state index in [2.05, 4.69) is 51.2 Å². The van der Waals surface area contributed by atoms with Crippen LogP contribution in [-0.2, 0) is 32.0 Å². The molecule has 0 aliphatic heterocycles. The molecule has 0 aliphatic carbocycles. The highest BCUT2D eigenvalue weighted by molar-refractivity contribution is 7.80. The number of carboxylic acids is 1. The van der Waals surface area contributed by atoms with Gasteiger partial charge in [-0.05, 0) is 17.7 Å². The summed E-state index contributed by atoms with van der Waals surface area (Å²) in [4.78, 5) is 56.3. The number of amides is 3. The third-order valence-corrected chi connectivity index (χ3v) is 5.71. The van der Waals surface area contributed by atoms with E-state index in [-0.39, 0.29) is 30.1 Å². The predicted molar refractivity (Wildman–Crippen MR) is 133 cm³/mol. The summed E-state index contributed by atoms with van der Waals surface area (Å²) in [5.41, 5.74) is 6.83. The normalized spacial score (nSPS) is 14.3. The van der Waals surface area contributed by atoms with E-state index in [1.54, 1.807) is 12.1 Å². The maximum absolute atomic E-state index is 13.0. The first-order valence-electron chi connectivity index (χ1n) is 10.5. The van der Waals surface area contributed by atoms with E-state index in [1.165, 1.54) is 24.7 Å². The third kappa shape index (κ3) is 8.81. The van der Waals surface area contributed by atoms with Gasteiger partial charge in [0.1, 0.15) is 23.9 Å². The molecule has 1 aromatic carbocycles. The van der Waals surface area contributed by atoms with E-state index in [0.29, 0.717) is 11.3 Å². The Morgan fingerprint density at radius 3 is 2.06 bits per heavy atom. The Morgan fingerprint density at radius 1 is 0.914 bits per heavy atom. The number of H-pyrrole nitrogens is 1. The fourth-order valence-electron chi connectivity index (χ4n) is 2.99. The number of benzene rings is 1. The Kier molecular flexibility index (Phi) is 10.9. The number of nitrogens with two attached hydrogens (primary N) is 1. The molecule has 2 aromatic rings. The van der Waals surface area contributed by atoms with Gasteiger partial charge in [0.05, 0.1) is 12.4 Å². The van der Waals surface area contributed by atoms with Crippen molar-refractivity contribution in [3.05, 3.63) is 48.0 Å². The molecule has 0 bridgehead atoms. The quantitative estimate of drug-likeness (QED) is 0.143. The van der Waals surface area contributed by atoms with Crippen molar-refractivity contribution in [3.63, 3.8) is 0 Å². The van der Waals surface area contributed by atoms with Gasteiger partial charge in [0, 0.05) is 36.2 Å². The number of imidazole rings is 1. The first-order chi connectivity index (χ1) is 16.6. The van der Waals surface area contributed by atoms with E-state index in [4.69, 9.17) is 5.73 Å². The number of hydrogen-bond donors (Lipinski definition) is 9. The lowest BCUT2D eigenvalue weighted by Gasteiger charge is -2.24. The lowest BCUT2D eigenvalue weighted by Crippen LogP contribution is -2.58. The van der Waals surface area contributed by atoms with Gasteiger partial charge in [0.2, 0.25) is 17.7 Å². The molecule has 4 unspecified atom stereocenters.